The molecule has 98 valence electrons. The van der Waals surface area contributed by atoms with Gasteiger partial charge in [0.25, 0.3) is 0 Å². The first kappa shape index (κ1) is 15.4. The van der Waals surface area contributed by atoms with E-state index in [0.717, 1.165) is 0 Å². The first-order valence-corrected chi connectivity index (χ1v) is 6.51. The van der Waals surface area contributed by atoms with E-state index in [4.69, 9.17) is 46.4 Å². The van der Waals surface area contributed by atoms with Gasteiger partial charge in [-0.25, -0.2) is 0 Å². The van der Waals surface area contributed by atoms with Crippen molar-refractivity contribution >= 4 is 69.6 Å². The van der Waals surface area contributed by atoms with Crippen molar-refractivity contribution in [3.63, 3.8) is 0 Å². The zero-order valence-electron chi connectivity index (χ0n) is 8.90. The van der Waals surface area contributed by atoms with Crippen molar-refractivity contribution in [2.75, 3.05) is 22.4 Å². The summed E-state index contributed by atoms with van der Waals surface area (Å²) in [7, 11) is 0. The zero-order chi connectivity index (χ0) is 13.7. The molecule has 0 aliphatic carbocycles. The van der Waals surface area contributed by atoms with Gasteiger partial charge in [0.05, 0.1) is 21.4 Å². The highest BCUT2D eigenvalue weighted by Gasteiger charge is 2.12. The summed E-state index contributed by atoms with van der Waals surface area (Å²) in [6, 6.07) is 2.83. The van der Waals surface area contributed by atoms with Gasteiger partial charge >= 0.3 is 0 Å². The molecule has 4 nitrogen and oxygen atoms in total. The predicted molar refractivity (Wildman–Crippen MR) is 75.2 cm³/mol. The average Bonchev–Trinajstić information content (AvgIpc) is 2.34. The predicted octanol–water partition coefficient (Wildman–Crippen LogP) is 3.35. The second-order valence-corrected chi connectivity index (χ2v) is 4.52. The molecule has 0 atom stereocenters. The van der Waals surface area contributed by atoms with E-state index >= 15 is 0 Å². The van der Waals surface area contributed by atoms with E-state index in [-0.39, 0.29) is 21.8 Å². The molecule has 1 aromatic carbocycles. The van der Waals surface area contributed by atoms with Crippen LogP contribution in [0.15, 0.2) is 12.1 Å². The molecule has 0 saturated carbocycles. The molecule has 2 amide bonds. The topological polar surface area (TPSA) is 58.2 Å². The lowest BCUT2D eigenvalue weighted by Crippen LogP contribution is -2.17. The maximum atomic E-state index is 11.2. The van der Waals surface area contributed by atoms with Crippen LogP contribution in [-0.4, -0.2) is 23.6 Å². The summed E-state index contributed by atoms with van der Waals surface area (Å²) >= 11 is 22.4. The molecule has 18 heavy (non-hydrogen) atoms. The molecular formula is C10H8Cl4N2O2. The molecule has 1 aromatic rings. The minimum absolute atomic E-state index is 0.219. The van der Waals surface area contributed by atoms with Gasteiger partial charge in [0.15, 0.2) is 0 Å². The standard InChI is InChI=1S/C10H8Cl4N2O2/c11-3-9(17)15-7-1-5(13)6(14)2-8(7)16-10(18)4-12/h1-2H,3-4H2,(H,15,17)(H,16,18). The number of carbonyl (C=O) groups excluding carboxylic acids is 2. The maximum absolute atomic E-state index is 11.2. The van der Waals surface area contributed by atoms with Gasteiger partial charge < -0.3 is 10.6 Å². The van der Waals surface area contributed by atoms with Crippen molar-refractivity contribution in [1.29, 1.82) is 0 Å². The highest BCUT2D eigenvalue weighted by Crippen LogP contribution is 2.32. The Bertz CT molecular complexity index is 436. The summed E-state index contributed by atoms with van der Waals surface area (Å²) in [5.41, 5.74) is 0.599. The number of alkyl halides is 2. The van der Waals surface area contributed by atoms with Gasteiger partial charge in [-0.15, -0.1) is 23.2 Å². The van der Waals surface area contributed by atoms with E-state index in [1.807, 2.05) is 0 Å². The quantitative estimate of drug-likeness (QED) is 0.832. The van der Waals surface area contributed by atoms with Gasteiger partial charge in [-0.1, -0.05) is 23.2 Å². The third-order valence-electron chi connectivity index (χ3n) is 1.85. The second kappa shape index (κ2) is 7.04. The minimum atomic E-state index is -0.434. The number of nitrogens with one attached hydrogen (secondary N) is 2. The van der Waals surface area contributed by atoms with E-state index in [1.165, 1.54) is 12.1 Å². The molecule has 0 radical (unpaired) electrons. The monoisotopic (exact) mass is 328 g/mol. The van der Waals surface area contributed by atoms with Crippen LogP contribution >= 0.6 is 46.4 Å². The summed E-state index contributed by atoms with van der Waals surface area (Å²) < 4.78 is 0. The molecule has 0 aliphatic heterocycles. The number of amides is 2. The molecule has 0 bridgehead atoms. The average molecular weight is 330 g/mol. The number of benzene rings is 1. The Kier molecular flexibility index (Phi) is 6.02. The van der Waals surface area contributed by atoms with Crippen LogP contribution < -0.4 is 10.6 Å². The van der Waals surface area contributed by atoms with Crippen molar-refractivity contribution in [3.8, 4) is 0 Å². The van der Waals surface area contributed by atoms with Crippen molar-refractivity contribution in [3.05, 3.63) is 22.2 Å². The molecular weight excluding hydrogens is 322 g/mol. The number of hydrogen-bond donors (Lipinski definition) is 2. The van der Waals surface area contributed by atoms with Gasteiger partial charge in [0, 0.05) is 0 Å². The number of anilines is 2. The lowest BCUT2D eigenvalue weighted by molar-refractivity contribution is -0.114. The highest BCUT2D eigenvalue weighted by molar-refractivity contribution is 6.42. The van der Waals surface area contributed by atoms with Gasteiger partial charge in [0.1, 0.15) is 11.8 Å². The van der Waals surface area contributed by atoms with Crippen molar-refractivity contribution < 1.29 is 9.59 Å². The summed E-state index contributed by atoms with van der Waals surface area (Å²) in [5, 5.41) is 5.45. The first-order chi connectivity index (χ1) is 8.47. The third kappa shape index (κ3) is 4.21. The number of carbonyl (C=O) groups is 2. The smallest absolute Gasteiger partial charge is 0.239 e. The van der Waals surface area contributed by atoms with E-state index in [0.29, 0.717) is 11.4 Å². The first-order valence-electron chi connectivity index (χ1n) is 4.68. The van der Waals surface area contributed by atoms with Crippen LogP contribution in [0.1, 0.15) is 0 Å². The van der Waals surface area contributed by atoms with Crippen LogP contribution in [0.25, 0.3) is 0 Å². The fourth-order valence-electron chi connectivity index (χ4n) is 1.12. The molecule has 8 heteroatoms. The summed E-state index contributed by atoms with van der Waals surface area (Å²) in [5.74, 6) is -1.31. The van der Waals surface area contributed by atoms with E-state index in [1.54, 1.807) is 0 Å². The zero-order valence-corrected chi connectivity index (χ0v) is 11.9. The molecule has 0 aliphatic rings. The van der Waals surface area contributed by atoms with Crippen LogP contribution in [0, 0.1) is 0 Å². The van der Waals surface area contributed by atoms with E-state index < -0.39 is 11.8 Å². The lowest BCUT2D eigenvalue weighted by Gasteiger charge is -2.12. The van der Waals surface area contributed by atoms with E-state index in [9.17, 15) is 9.59 Å². The summed E-state index contributed by atoms with van der Waals surface area (Å²) in [6.45, 7) is 0. The van der Waals surface area contributed by atoms with Crippen LogP contribution in [0.4, 0.5) is 11.4 Å². The number of hydrogen-bond acceptors (Lipinski definition) is 2. The second-order valence-electron chi connectivity index (χ2n) is 3.18. The highest BCUT2D eigenvalue weighted by atomic mass is 35.5. The lowest BCUT2D eigenvalue weighted by atomic mass is 10.2. The largest absolute Gasteiger partial charge is 0.323 e. The molecule has 2 N–H and O–H groups in total. The van der Waals surface area contributed by atoms with Crippen molar-refractivity contribution in [2.45, 2.75) is 0 Å². The van der Waals surface area contributed by atoms with Crippen LogP contribution in [0.5, 0.6) is 0 Å². The van der Waals surface area contributed by atoms with Crippen molar-refractivity contribution in [1.82, 2.24) is 0 Å². The number of rotatable bonds is 4. The van der Waals surface area contributed by atoms with Crippen LogP contribution in [0.2, 0.25) is 10.0 Å². The Hall–Kier alpha value is -0.680. The normalized spacial score (nSPS) is 10.0. The Labute approximate surface area is 124 Å². The van der Waals surface area contributed by atoms with Crippen LogP contribution in [0.3, 0.4) is 0 Å². The molecule has 0 spiro atoms. The van der Waals surface area contributed by atoms with Crippen molar-refractivity contribution in [2.24, 2.45) is 0 Å². The molecule has 0 heterocycles. The maximum Gasteiger partial charge on any atom is 0.239 e. The molecule has 0 fully saturated rings. The Balaban J connectivity index is 3.08. The minimum Gasteiger partial charge on any atom is -0.323 e. The van der Waals surface area contributed by atoms with E-state index in [2.05, 4.69) is 10.6 Å². The Morgan fingerprint density at radius 3 is 1.50 bits per heavy atom. The third-order valence-corrected chi connectivity index (χ3v) is 3.06. The summed E-state index contributed by atoms with van der Waals surface area (Å²) in [6.07, 6.45) is 0. The SMILES string of the molecule is O=C(CCl)Nc1cc(Cl)c(Cl)cc1NC(=O)CCl. The molecule has 1 rings (SSSR count). The summed E-state index contributed by atoms with van der Waals surface area (Å²) in [4.78, 5) is 22.5. The molecule has 0 unspecified atom stereocenters. The fourth-order valence-corrected chi connectivity index (χ4v) is 1.58. The van der Waals surface area contributed by atoms with Gasteiger partial charge in [-0.3, -0.25) is 9.59 Å². The molecule has 0 saturated heterocycles. The van der Waals surface area contributed by atoms with Gasteiger partial charge in [-0.2, -0.15) is 0 Å². The fraction of sp³-hybridized carbons (Fsp3) is 0.200. The van der Waals surface area contributed by atoms with Crippen LogP contribution in [-0.2, 0) is 9.59 Å². The van der Waals surface area contributed by atoms with Gasteiger partial charge in [-0.05, 0) is 12.1 Å². The Morgan fingerprint density at radius 1 is 0.889 bits per heavy atom. The molecule has 0 aromatic heterocycles. The Morgan fingerprint density at radius 2 is 1.22 bits per heavy atom. The number of halogens is 4. The van der Waals surface area contributed by atoms with Gasteiger partial charge in [0.2, 0.25) is 11.8 Å².